The van der Waals surface area contributed by atoms with E-state index < -0.39 is 5.54 Å². The second kappa shape index (κ2) is 11.8. The van der Waals surface area contributed by atoms with Crippen LogP contribution in [-0.4, -0.2) is 16.2 Å². The van der Waals surface area contributed by atoms with Gasteiger partial charge in [0.05, 0.1) is 18.6 Å². The first-order valence-electron chi connectivity index (χ1n) is 13.4. The SMILES string of the molecule is Brc1ccc(CCOc2ccccc2-c2cn(C(c3ccccc3)(c3ccccc3)c3ccccc3)cn2)cc1. The third kappa shape index (κ3) is 5.11. The molecule has 4 heteroatoms. The lowest BCUT2D eigenvalue weighted by Gasteiger charge is -2.37. The summed E-state index contributed by atoms with van der Waals surface area (Å²) in [6.07, 6.45) is 4.92. The molecule has 6 aromatic rings. The van der Waals surface area contributed by atoms with Gasteiger partial charge in [0, 0.05) is 22.7 Å². The van der Waals surface area contributed by atoms with Gasteiger partial charge in [0.1, 0.15) is 11.3 Å². The number of rotatable bonds is 9. The summed E-state index contributed by atoms with van der Waals surface area (Å²) in [5.41, 5.74) is 5.96. The molecule has 0 N–H and O–H groups in total. The van der Waals surface area contributed by atoms with Crippen molar-refractivity contribution in [3.8, 4) is 17.0 Å². The van der Waals surface area contributed by atoms with Crippen molar-refractivity contribution < 1.29 is 4.74 Å². The maximum Gasteiger partial charge on any atom is 0.128 e. The molecule has 6 rings (SSSR count). The van der Waals surface area contributed by atoms with E-state index in [-0.39, 0.29) is 0 Å². The zero-order valence-electron chi connectivity index (χ0n) is 22.0. The average molecular weight is 586 g/mol. The van der Waals surface area contributed by atoms with Crippen LogP contribution in [0.3, 0.4) is 0 Å². The molecule has 0 aliphatic rings. The number of aromatic nitrogens is 2. The van der Waals surface area contributed by atoms with E-state index in [9.17, 15) is 0 Å². The van der Waals surface area contributed by atoms with E-state index in [4.69, 9.17) is 9.72 Å². The molecule has 0 amide bonds. The second-order valence-electron chi connectivity index (χ2n) is 9.70. The normalized spacial score (nSPS) is 11.3. The van der Waals surface area contributed by atoms with Crippen molar-refractivity contribution in [2.24, 2.45) is 0 Å². The van der Waals surface area contributed by atoms with Crippen LogP contribution < -0.4 is 4.74 Å². The van der Waals surface area contributed by atoms with Crippen molar-refractivity contribution in [1.29, 1.82) is 0 Å². The van der Waals surface area contributed by atoms with Gasteiger partial charge in [-0.25, -0.2) is 4.98 Å². The van der Waals surface area contributed by atoms with E-state index in [2.05, 4.69) is 148 Å². The Morgan fingerprint density at radius 1 is 0.625 bits per heavy atom. The fraction of sp³-hybridized carbons (Fsp3) is 0.0833. The van der Waals surface area contributed by atoms with Gasteiger partial charge in [0.2, 0.25) is 0 Å². The van der Waals surface area contributed by atoms with Gasteiger partial charge >= 0.3 is 0 Å². The molecule has 40 heavy (non-hydrogen) atoms. The van der Waals surface area contributed by atoms with Crippen molar-refractivity contribution in [3.05, 3.63) is 179 Å². The fourth-order valence-corrected chi connectivity index (χ4v) is 5.63. The summed E-state index contributed by atoms with van der Waals surface area (Å²) in [7, 11) is 0. The van der Waals surface area contributed by atoms with Crippen molar-refractivity contribution >= 4 is 15.9 Å². The molecule has 5 aromatic carbocycles. The average Bonchev–Trinajstić information content (AvgIpc) is 3.51. The number of para-hydroxylation sites is 1. The van der Waals surface area contributed by atoms with Crippen LogP contribution in [0.15, 0.2) is 157 Å². The zero-order valence-corrected chi connectivity index (χ0v) is 23.6. The summed E-state index contributed by atoms with van der Waals surface area (Å²) < 4.78 is 9.63. The topological polar surface area (TPSA) is 27.1 Å². The lowest BCUT2D eigenvalue weighted by Crippen LogP contribution is -2.36. The molecule has 0 atom stereocenters. The molecule has 3 nitrogen and oxygen atoms in total. The molecule has 0 bridgehead atoms. The highest BCUT2D eigenvalue weighted by molar-refractivity contribution is 9.10. The molecule has 1 aromatic heterocycles. The van der Waals surface area contributed by atoms with Crippen LogP contribution in [0.5, 0.6) is 5.75 Å². The smallest absolute Gasteiger partial charge is 0.128 e. The van der Waals surface area contributed by atoms with Crippen LogP contribution in [-0.2, 0) is 12.0 Å². The molecular formula is C36H29BrN2O. The third-order valence-corrected chi connectivity index (χ3v) is 7.80. The van der Waals surface area contributed by atoms with Crippen molar-refractivity contribution in [1.82, 2.24) is 9.55 Å². The number of halogens is 1. The van der Waals surface area contributed by atoms with Gasteiger partial charge in [-0.3, -0.25) is 0 Å². The summed E-state index contributed by atoms with van der Waals surface area (Å²) in [6, 6.07) is 48.5. The Morgan fingerprint density at radius 3 is 1.73 bits per heavy atom. The Hall–Kier alpha value is -4.41. The molecule has 0 spiro atoms. The largest absolute Gasteiger partial charge is 0.493 e. The van der Waals surface area contributed by atoms with E-state index in [1.807, 2.05) is 24.5 Å². The van der Waals surface area contributed by atoms with Crippen LogP contribution in [0.4, 0.5) is 0 Å². The maximum atomic E-state index is 6.31. The monoisotopic (exact) mass is 584 g/mol. The van der Waals surface area contributed by atoms with Gasteiger partial charge in [-0.05, 0) is 46.5 Å². The first-order valence-corrected chi connectivity index (χ1v) is 14.2. The van der Waals surface area contributed by atoms with Crippen LogP contribution in [0.1, 0.15) is 22.3 Å². The predicted molar refractivity (Wildman–Crippen MR) is 166 cm³/mol. The molecular weight excluding hydrogens is 556 g/mol. The summed E-state index contributed by atoms with van der Waals surface area (Å²) in [5.74, 6) is 0.828. The summed E-state index contributed by atoms with van der Waals surface area (Å²) in [5, 5.41) is 0. The standard InChI is InChI=1S/C36H29BrN2O/c37-32-22-20-28(21-23-32)24-25-40-35-19-11-10-18-33(35)34-26-39(27-38-34)36(29-12-4-1-5-13-29,30-14-6-2-7-15-30)31-16-8-3-9-17-31/h1-23,26-27H,24-25H2. The highest BCUT2D eigenvalue weighted by atomic mass is 79.9. The first kappa shape index (κ1) is 25.8. The van der Waals surface area contributed by atoms with Gasteiger partial charge in [0.25, 0.3) is 0 Å². The Labute approximate surface area is 243 Å². The van der Waals surface area contributed by atoms with E-state index in [1.54, 1.807) is 0 Å². The number of nitrogens with zero attached hydrogens (tertiary/aromatic N) is 2. The Bertz CT molecular complexity index is 1570. The van der Waals surface area contributed by atoms with E-state index in [0.717, 1.165) is 44.6 Å². The van der Waals surface area contributed by atoms with Gasteiger partial charge in [-0.15, -0.1) is 0 Å². The molecule has 0 fully saturated rings. The number of imidazole rings is 1. The minimum absolute atomic E-state index is 0.585. The highest BCUT2D eigenvalue weighted by Crippen LogP contribution is 2.42. The summed E-state index contributed by atoms with van der Waals surface area (Å²) in [6.45, 7) is 0.585. The van der Waals surface area contributed by atoms with Gasteiger partial charge < -0.3 is 9.30 Å². The second-order valence-corrected chi connectivity index (χ2v) is 10.6. The summed E-state index contributed by atoms with van der Waals surface area (Å²) >= 11 is 3.51. The number of hydrogen-bond donors (Lipinski definition) is 0. The third-order valence-electron chi connectivity index (χ3n) is 7.27. The minimum atomic E-state index is -0.605. The van der Waals surface area contributed by atoms with Crippen LogP contribution in [0, 0.1) is 0 Å². The molecule has 0 unspecified atom stereocenters. The number of ether oxygens (including phenoxy) is 1. The Balaban J connectivity index is 1.41. The molecule has 0 saturated carbocycles. The molecule has 0 aliphatic heterocycles. The van der Waals surface area contributed by atoms with E-state index in [1.165, 1.54) is 5.56 Å². The van der Waals surface area contributed by atoms with E-state index in [0.29, 0.717) is 6.61 Å². The maximum absolute atomic E-state index is 6.31. The molecule has 0 radical (unpaired) electrons. The first-order chi connectivity index (χ1) is 19.7. The zero-order chi connectivity index (χ0) is 27.2. The van der Waals surface area contributed by atoms with Gasteiger partial charge in [-0.2, -0.15) is 0 Å². The predicted octanol–water partition coefficient (Wildman–Crippen LogP) is 8.77. The van der Waals surface area contributed by atoms with Crippen molar-refractivity contribution in [2.45, 2.75) is 12.0 Å². The van der Waals surface area contributed by atoms with Crippen molar-refractivity contribution in [2.75, 3.05) is 6.61 Å². The van der Waals surface area contributed by atoms with E-state index >= 15 is 0 Å². The lowest BCUT2D eigenvalue weighted by molar-refractivity contribution is 0.323. The van der Waals surface area contributed by atoms with Crippen molar-refractivity contribution in [3.63, 3.8) is 0 Å². The van der Waals surface area contributed by atoms with Crippen LogP contribution in [0.25, 0.3) is 11.3 Å². The number of hydrogen-bond acceptors (Lipinski definition) is 2. The van der Waals surface area contributed by atoms with Crippen LogP contribution >= 0.6 is 15.9 Å². The van der Waals surface area contributed by atoms with Gasteiger partial charge in [0.15, 0.2) is 0 Å². The molecule has 0 aliphatic carbocycles. The number of benzene rings is 5. The highest BCUT2D eigenvalue weighted by Gasteiger charge is 2.38. The lowest BCUT2D eigenvalue weighted by atomic mass is 9.77. The molecule has 0 saturated heterocycles. The Kier molecular flexibility index (Phi) is 7.60. The summed E-state index contributed by atoms with van der Waals surface area (Å²) in [4.78, 5) is 4.94. The molecule has 1 heterocycles. The quantitative estimate of drug-likeness (QED) is 0.159. The Morgan fingerprint density at radius 2 is 1.15 bits per heavy atom. The fourth-order valence-electron chi connectivity index (χ4n) is 5.36. The van der Waals surface area contributed by atoms with Crippen LogP contribution in [0.2, 0.25) is 0 Å². The molecule has 196 valence electrons. The van der Waals surface area contributed by atoms with Gasteiger partial charge in [-0.1, -0.05) is 131 Å². The minimum Gasteiger partial charge on any atom is -0.493 e.